The molecule has 2 fully saturated rings. The molecule has 0 radical (unpaired) electrons. The van der Waals surface area contributed by atoms with Crippen LogP contribution in [0.15, 0.2) is 4.52 Å². The highest BCUT2D eigenvalue weighted by Crippen LogP contribution is 2.19. The first-order chi connectivity index (χ1) is 15.0. The fourth-order valence-electron chi connectivity index (χ4n) is 3.92. The van der Waals surface area contributed by atoms with Crippen LogP contribution < -0.4 is 5.32 Å². The van der Waals surface area contributed by atoms with Crippen LogP contribution in [0.4, 0.5) is 4.79 Å². The average Bonchev–Trinajstić information content (AvgIpc) is 3.18. The van der Waals surface area contributed by atoms with Gasteiger partial charge in [-0.25, -0.2) is 4.79 Å². The van der Waals surface area contributed by atoms with Crippen LogP contribution in [-0.4, -0.2) is 88.3 Å². The van der Waals surface area contributed by atoms with Crippen molar-refractivity contribution in [3.05, 3.63) is 11.7 Å². The lowest BCUT2D eigenvalue weighted by Gasteiger charge is -2.35. The second-order valence-electron chi connectivity index (χ2n) is 10.3. The topological polar surface area (TPSA) is 104 Å². The average molecular weight is 451 g/mol. The third-order valence-electron chi connectivity index (χ3n) is 5.73. The number of nitrogens with zero attached hydrogens (tertiary/aromatic N) is 5. The Hall–Kier alpha value is -2.20. The molecule has 32 heavy (non-hydrogen) atoms. The quantitative estimate of drug-likeness (QED) is 0.701. The van der Waals surface area contributed by atoms with E-state index < -0.39 is 17.2 Å². The van der Waals surface area contributed by atoms with E-state index in [9.17, 15) is 9.59 Å². The van der Waals surface area contributed by atoms with E-state index >= 15 is 0 Å². The SMILES string of the molecule is CC(C)(C)OC(=O)NC(C)(C)c1noc(CN2CCN(CC(=O)N3CCCCC3)CC2)n1. The van der Waals surface area contributed by atoms with Gasteiger partial charge < -0.3 is 19.5 Å². The van der Waals surface area contributed by atoms with Crippen molar-refractivity contribution in [3.8, 4) is 0 Å². The van der Waals surface area contributed by atoms with Crippen molar-refractivity contribution in [2.24, 2.45) is 0 Å². The summed E-state index contributed by atoms with van der Waals surface area (Å²) >= 11 is 0. The van der Waals surface area contributed by atoms with Gasteiger partial charge in [0.05, 0.1) is 13.1 Å². The molecule has 10 nitrogen and oxygen atoms in total. The van der Waals surface area contributed by atoms with E-state index in [0.717, 1.165) is 52.1 Å². The maximum atomic E-state index is 12.5. The summed E-state index contributed by atoms with van der Waals surface area (Å²) in [6, 6.07) is 0. The first-order valence-electron chi connectivity index (χ1n) is 11.6. The molecule has 0 atom stereocenters. The maximum Gasteiger partial charge on any atom is 0.408 e. The summed E-state index contributed by atoms with van der Waals surface area (Å²) in [5, 5.41) is 6.86. The molecule has 1 aromatic rings. The molecule has 3 rings (SSSR count). The Labute approximate surface area is 190 Å². The zero-order chi connectivity index (χ0) is 23.4. The van der Waals surface area contributed by atoms with E-state index in [-0.39, 0.29) is 5.91 Å². The van der Waals surface area contributed by atoms with E-state index in [1.54, 1.807) is 0 Å². The van der Waals surface area contributed by atoms with Crippen LogP contribution in [0.25, 0.3) is 0 Å². The highest BCUT2D eigenvalue weighted by atomic mass is 16.6. The summed E-state index contributed by atoms with van der Waals surface area (Å²) in [4.78, 5) is 35.6. The van der Waals surface area contributed by atoms with Crippen LogP contribution in [0.2, 0.25) is 0 Å². The molecule has 180 valence electrons. The van der Waals surface area contributed by atoms with Gasteiger partial charge in [-0.3, -0.25) is 14.6 Å². The Balaban J connectivity index is 1.44. The normalized spacial score (nSPS) is 19.1. The molecule has 2 aliphatic heterocycles. The van der Waals surface area contributed by atoms with Crippen molar-refractivity contribution in [1.29, 1.82) is 0 Å². The lowest BCUT2D eigenvalue weighted by Crippen LogP contribution is -2.50. The summed E-state index contributed by atoms with van der Waals surface area (Å²) in [5.74, 6) is 1.17. The molecular weight excluding hydrogens is 412 g/mol. The van der Waals surface area contributed by atoms with Crippen LogP contribution in [-0.2, 0) is 21.6 Å². The third kappa shape index (κ3) is 7.16. The second kappa shape index (κ2) is 10.2. The van der Waals surface area contributed by atoms with Gasteiger partial charge in [0.15, 0.2) is 5.82 Å². The first-order valence-corrected chi connectivity index (χ1v) is 11.6. The highest BCUT2D eigenvalue weighted by Gasteiger charge is 2.31. The lowest BCUT2D eigenvalue weighted by molar-refractivity contribution is -0.133. The molecular formula is C22H38N6O4. The number of nitrogens with one attached hydrogen (secondary N) is 1. The number of alkyl carbamates (subject to hydrolysis) is 1. The largest absolute Gasteiger partial charge is 0.444 e. The minimum absolute atomic E-state index is 0.249. The van der Waals surface area contributed by atoms with E-state index in [4.69, 9.17) is 9.26 Å². The molecule has 0 saturated carbocycles. The van der Waals surface area contributed by atoms with Gasteiger partial charge in [0.25, 0.3) is 0 Å². The Bertz CT molecular complexity index is 774. The van der Waals surface area contributed by atoms with Crippen molar-refractivity contribution in [1.82, 2.24) is 30.2 Å². The van der Waals surface area contributed by atoms with Crippen LogP contribution in [0.1, 0.15) is 65.6 Å². The fourth-order valence-corrected chi connectivity index (χ4v) is 3.92. The summed E-state index contributed by atoms with van der Waals surface area (Å²) in [6.07, 6.45) is 2.95. The molecule has 0 aliphatic carbocycles. The summed E-state index contributed by atoms with van der Waals surface area (Å²) in [5.41, 5.74) is -1.40. The minimum atomic E-state index is -0.822. The van der Waals surface area contributed by atoms with Crippen molar-refractivity contribution in [2.75, 3.05) is 45.8 Å². The Kier molecular flexibility index (Phi) is 7.76. The van der Waals surface area contributed by atoms with Crippen molar-refractivity contribution in [3.63, 3.8) is 0 Å². The number of rotatable bonds is 6. The highest BCUT2D eigenvalue weighted by molar-refractivity contribution is 5.78. The predicted molar refractivity (Wildman–Crippen MR) is 119 cm³/mol. The molecule has 2 aliphatic rings. The van der Waals surface area contributed by atoms with Gasteiger partial charge >= 0.3 is 6.09 Å². The number of hydrogen-bond acceptors (Lipinski definition) is 8. The number of carbonyl (C=O) groups is 2. The number of likely N-dealkylation sites (tertiary alicyclic amines) is 1. The standard InChI is InChI=1S/C22H38N6O4/c1-21(2,3)31-20(30)24-22(4,5)19-23-17(32-25-19)15-26-11-13-27(14-12-26)16-18(29)28-9-7-6-8-10-28/h6-16H2,1-5H3,(H,24,30). The Morgan fingerprint density at radius 1 is 0.969 bits per heavy atom. The molecule has 10 heteroatoms. The Morgan fingerprint density at radius 2 is 1.59 bits per heavy atom. The number of aromatic nitrogens is 2. The molecule has 1 N–H and O–H groups in total. The molecule has 0 aromatic carbocycles. The Morgan fingerprint density at radius 3 is 2.22 bits per heavy atom. The zero-order valence-corrected chi connectivity index (χ0v) is 20.1. The number of hydrogen-bond donors (Lipinski definition) is 1. The number of carbonyl (C=O) groups excluding carboxylic acids is 2. The summed E-state index contributed by atoms with van der Waals surface area (Å²) < 4.78 is 10.8. The van der Waals surface area contributed by atoms with Crippen molar-refractivity contribution in [2.45, 2.75) is 71.6 Å². The molecule has 0 bridgehead atoms. The summed E-state index contributed by atoms with van der Waals surface area (Å²) in [6.45, 7) is 15.3. The molecule has 2 amide bonds. The first kappa shape index (κ1) is 24.4. The monoisotopic (exact) mass is 450 g/mol. The maximum absolute atomic E-state index is 12.5. The van der Waals surface area contributed by atoms with E-state index in [2.05, 4.69) is 25.3 Å². The van der Waals surface area contributed by atoms with Gasteiger partial charge in [0.1, 0.15) is 11.1 Å². The van der Waals surface area contributed by atoms with Crippen LogP contribution in [0.5, 0.6) is 0 Å². The predicted octanol–water partition coefficient (Wildman–Crippen LogP) is 1.96. The smallest absolute Gasteiger partial charge is 0.408 e. The van der Waals surface area contributed by atoms with Crippen LogP contribution >= 0.6 is 0 Å². The molecule has 1 aromatic heterocycles. The molecule has 2 saturated heterocycles. The number of piperidine rings is 1. The van der Waals surface area contributed by atoms with Crippen molar-refractivity contribution >= 4 is 12.0 Å². The van der Waals surface area contributed by atoms with Gasteiger partial charge in [0, 0.05) is 39.3 Å². The molecule has 0 spiro atoms. The number of amides is 2. The van der Waals surface area contributed by atoms with Crippen LogP contribution in [0.3, 0.4) is 0 Å². The van der Waals surface area contributed by atoms with Gasteiger partial charge in [0.2, 0.25) is 11.8 Å². The molecule has 0 unspecified atom stereocenters. The number of piperazine rings is 1. The van der Waals surface area contributed by atoms with Crippen molar-refractivity contribution < 1.29 is 18.8 Å². The van der Waals surface area contributed by atoms with Crippen LogP contribution in [0, 0.1) is 0 Å². The third-order valence-corrected chi connectivity index (χ3v) is 5.73. The van der Waals surface area contributed by atoms with Gasteiger partial charge in [-0.05, 0) is 53.9 Å². The summed E-state index contributed by atoms with van der Waals surface area (Å²) in [7, 11) is 0. The van der Waals surface area contributed by atoms with E-state index in [1.807, 2.05) is 39.5 Å². The number of ether oxygens (including phenoxy) is 1. The van der Waals surface area contributed by atoms with E-state index in [1.165, 1.54) is 6.42 Å². The lowest BCUT2D eigenvalue weighted by atomic mass is 10.1. The molecule has 3 heterocycles. The second-order valence-corrected chi connectivity index (χ2v) is 10.3. The van der Waals surface area contributed by atoms with Gasteiger partial charge in [-0.15, -0.1) is 0 Å². The van der Waals surface area contributed by atoms with Gasteiger partial charge in [-0.1, -0.05) is 5.16 Å². The fraction of sp³-hybridized carbons (Fsp3) is 0.818. The zero-order valence-electron chi connectivity index (χ0n) is 20.1. The minimum Gasteiger partial charge on any atom is -0.444 e. The van der Waals surface area contributed by atoms with E-state index in [0.29, 0.717) is 24.8 Å². The van der Waals surface area contributed by atoms with Gasteiger partial charge in [-0.2, -0.15) is 4.98 Å².